The Morgan fingerprint density at radius 2 is 2.14 bits per heavy atom. The normalized spacial score (nSPS) is 15.9. The Kier molecular flexibility index (Phi) is 4.22. The summed E-state index contributed by atoms with van der Waals surface area (Å²) in [5.74, 6) is 0.786. The summed E-state index contributed by atoms with van der Waals surface area (Å²) in [4.78, 5) is 19.9. The third-order valence-corrected chi connectivity index (χ3v) is 6.27. The maximum absolute atomic E-state index is 13.0. The van der Waals surface area contributed by atoms with Gasteiger partial charge in [0.1, 0.15) is 4.83 Å². The average molecular weight is 320 g/mol. The molecule has 3 rings (SSSR count). The van der Waals surface area contributed by atoms with Gasteiger partial charge in [-0.3, -0.25) is 9.36 Å². The quantitative estimate of drug-likeness (QED) is 0.474. The van der Waals surface area contributed by atoms with Crippen molar-refractivity contribution < 1.29 is 0 Å². The lowest BCUT2D eigenvalue weighted by atomic mass is 10.2. The second kappa shape index (κ2) is 5.97. The van der Waals surface area contributed by atoms with Crippen LogP contribution in [0.1, 0.15) is 42.2 Å². The van der Waals surface area contributed by atoms with Crippen molar-refractivity contribution in [3.05, 3.63) is 33.4 Å². The van der Waals surface area contributed by atoms with E-state index in [9.17, 15) is 4.79 Å². The second-order valence-electron chi connectivity index (χ2n) is 5.57. The fourth-order valence-corrected chi connectivity index (χ4v) is 4.88. The lowest BCUT2D eigenvalue weighted by Gasteiger charge is -2.17. The fraction of sp³-hybridized carbons (Fsp3) is 0.500. The van der Waals surface area contributed by atoms with Crippen LogP contribution in [0.4, 0.5) is 0 Å². The number of aromatic nitrogens is 2. The lowest BCUT2D eigenvalue weighted by molar-refractivity contribution is 0.458. The molecule has 112 valence electrons. The molecule has 0 unspecified atom stereocenters. The van der Waals surface area contributed by atoms with E-state index >= 15 is 0 Å². The van der Waals surface area contributed by atoms with E-state index in [-0.39, 0.29) is 5.56 Å². The molecule has 0 N–H and O–H groups in total. The second-order valence-corrected chi connectivity index (χ2v) is 7.76. The zero-order chi connectivity index (χ0) is 15.0. The molecule has 2 heterocycles. The number of rotatable bonds is 4. The Hall–Kier alpha value is -1.07. The highest BCUT2D eigenvalue weighted by atomic mass is 32.2. The van der Waals surface area contributed by atoms with Gasteiger partial charge in [0, 0.05) is 16.7 Å². The number of thioether (sulfide) groups is 1. The molecule has 1 aliphatic carbocycles. The van der Waals surface area contributed by atoms with Crippen LogP contribution in [0, 0.1) is 13.8 Å². The minimum Gasteiger partial charge on any atom is -0.284 e. The van der Waals surface area contributed by atoms with Crippen LogP contribution in [-0.4, -0.2) is 15.3 Å². The Bertz CT molecular complexity index is 739. The predicted octanol–water partition coefficient (Wildman–Crippen LogP) is 4.47. The number of nitrogens with zero attached hydrogens (tertiary/aromatic N) is 2. The molecule has 0 radical (unpaired) electrons. The molecular formula is C16H20N2OS2. The minimum absolute atomic E-state index is 0.153. The molecule has 0 amide bonds. The summed E-state index contributed by atoms with van der Waals surface area (Å²) in [6, 6.07) is 0.321. The zero-order valence-electron chi connectivity index (χ0n) is 12.5. The first-order valence-electron chi connectivity index (χ1n) is 7.39. The molecule has 0 spiro atoms. The maximum atomic E-state index is 13.0. The van der Waals surface area contributed by atoms with E-state index in [2.05, 4.69) is 13.5 Å². The smallest absolute Gasteiger partial charge is 0.263 e. The maximum Gasteiger partial charge on any atom is 0.263 e. The van der Waals surface area contributed by atoms with Gasteiger partial charge in [0.05, 0.1) is 5.39 Å². The van der Waals surface area contributed by atoms with Crippen molar-refractivity contribution in [2.24, 2.45) is 0 Å². The van der Waals surface area contributed by atoms with Crippen molar-refractivity contribution in [2.45, 2.75) is 50.7 Å². The van der Waals surface area contributed by atoms with Crippen LogP contribution in [0.2, 0.25) is 0 Å². The average Bonchev–Trinajstić information content (AvgIpc) is 3.06. The fourth-order valence-electron chi connectivity index (χ4n) is 3.01. The zero-order valence-corrected chi connectivity index (χ0v) is 14.1. The molecular weight excluding hydrogens is 300 g/mol. The topological polar surface area (TPSA) is 34.9 Å². The third kappa shape index (κ3) is 2.57. The molecule has 0 bridgehead atoms. The summed E-state index contributed by atoms with van der Waals surface area (Å²) in [5, 5.41) is 1.69. The molecule has 2 aromatic rings. The Morgan fingerprint density at radius 3 is 2.81 bits per heavy atom. The van der Waals surface area contributed by atoms with Gasteiger partial charge < -0.3 is 0 Å². The van der Waals surface area contributed by atoms with E-state index in [0.717, 1.165) is 39.5 Å². The van der Waals surface area contributed by atoms with Crippen LogP contribution in [0.25, 0.3) is 10.2 Å². The van der Waals surface area contributed by atoms with E-state index < -0.39 is 0 Å². The molecule has 1 aliphatic rings. The van der Waals surface area contributed by atoms with Crippen LogP contribution in [0.3, 0.4) is 0 Å². The number of hydrogen-bond acceptors (Lipinski definition) is 4. The van der Waals surface area contributed by atoms with Gasteiger partial charge in [0.2, 0.25) is 0 Å². The number of hydrogen-bond donors (Lipinski definition) is 0. The van der Waals surface area contributed by atoms with Crippen molar-refractivity contribution in [2.75, 3.05) is 5.75 Å². The number of thiophene rings is 1. The SMILES string of the molecule is C=CCSc1nc2sc(C)c(C)c2c(=O)n1C1CCCC1. The highest BCUT2D eigenvalue weighted by Gasteiger charge is 2.24. The summed E-state index contributed by atoms with van der Waals surface area (Å²) < 4.78 is 1.96. The molecule has 3 nitrogen and oxygen atoms in total. The molecule has 2 aromatic heterocycles. The van der Waals surface area contributed by atoms with Crippen molar-refractivity contribution >= 4 is 33.3 Å². The van der Waals surface area contributed by atoms with Gasteiger partial charge >= 0.3 is 0 Å². The van der Waals surface area contributed by atoms with Crippen molar-refractivity contribution in [1.82, 2.24) is 9.55 Å². The Labute approximate surface area is 133 Å². The molecule has 1 saturated carbocycles. The summed E-state index contributed by atoms with van der Waals surface area (Å²) in [6.45, 7) is 7.87. The third-order valence-electron chi connectivity index (χ3n) is 4.22. The van der Waals surface area contributed by atoms with Gasteiger partial charge in [-0.2, -0.15) is 0 Å². The molecule has 1 fully saturated rings. The largest absolute Gasteiger partial charge is 0.284 e. The van der Waals surface area contributed by atoms with Gasteiger partial charge in [-0.15, -0.1) is 17.9 Å². The van der Waals surface area contributed by atoms with E-state index in [0.29, 0.717) is 6.04 Å². The Morgan fingerprint density at radius 1 is 1.43 bits per heavy atom. The summed E-state index contributed by atoms with van der Waals surface area (Å²) in [6.07, 6.45) is 6.48. The van der Waals surface area contributed by atoms with Gasteiger partial charge in [-0.05, 0) is 32.3 Å². The minimum atomic E-state index is 0.153. The van der Waals surface area contributed by atoms with Crippen LogP contribution in [0.5, 0.6) is 0 Å². The highest BCUT2D eigenvalue weighted by molar-refractivity contribution is 7.99. The Balaban J connectivity index is 2.24. The predicted molar refractivity (Wildman–Crippen MR) is 91.8 cm³/mol. The highest BCUT2D eigenvalue weighted by Crippen LogP contribution is 2.34. The van der Waals surface area contributed by atoms with E-state index in [1.807, 2.05) is 17.6 Å². The number of aryl methyl sites for hydroxylation is 2. The molecule has 0 atom stereocenters. The first-order valence-corrected chi connectivity index (χ1v) is 9.19. The number of fused-ring (bicyclic) bond motifs is 1. The summed E-state index contributed by atoms with van der Waals surface area (Å²) >= 11 is 3.25. The van der Waals surface area contributed by atoms with Crippen molar-refractivity contribution in [3.8, 4) is 0 Å². The van der Waals surface area contributed by atoms with Crippen molar-refractivity contribution in [1.29, 1.82) is 0 Å². The van der Waals surface area contributed by atoms with E-state index in [4.69, 9.17) is 4.98 Å². The first-order chi connectivity index (χ1) is 10.1. The first kappa shape index (κ1) is 14.9. The van der Waals surface area contributed by atoms with Gasteiger partial charge in [-0.1, -0.05) is 30.7 Å². The summed E-state index contributed by atoms with van der Waals surface area (Å²) in [7, 11) is 0. The monoisotopic (exact) mass is 320 g/mol. The van der Waals surface area contributed by atoms with Crippen LogP contribution >= 0.6 is 23.1 Å². The van der Waals surface area contributed by atoms with Gasteiger partial charge in [0.25, 0.3) is 5.56 Å². The molecule has 21 heavy (non-hydrogen) atoms. The van der Waals surface area contributed by atoms with E-state index in [1.54, 1.807) is 23.1 Å². The van der Waals surface area contributed by atoms with Gasteiger partial charge in [-0.25, -0.2) is 4.98 Å². The standard InChI is InChI=1S/C16H20N2OS2/c1-4-9-20-16-17-14-13(10(2)11(3)21-14)15(19)18(16)12-7-5-6-8-12/h4,12H,1,5-9H2,2-3H3. The van der Waals surface area contributed by atoms with E-state index in [1.165, 1.54) is 17.7 Å². The van der Waals surface area contributed by atoms with Crippen LogP contribution < -0.4 is 5.56 Å². The molecule has 0 saturated heterocycles. The van der Waals surface area contributed by atoms with Crippen LogP contribution in [-0.2, 0) is 0 Å². The molecule has 0 aromatic carbocycles. The van der Waals surface area contributed by atoms with Gasteiger partial charge in [0.15, 0.2) is 5.16 Å². The van der Waals surface area contributed by atoms with Crippen molar-refractivity contribution in [3.63, 3.8) is 0 Å². The van der Waals surface area contributed by atoms with Crippen LogP contribution in [0.15, 0.2) is 22.6 Å². The molecule has 5 heteroatoms. The lowest BCUT2D eigenvalue weighted by Crippen LogP contribution is -2.26. The summed E-state index contributed by atoms with van der Waals surface area (Å²) in [5.41, 5.74) is 1.25. The molecule has 0 aliphatic heterocycles.